The molecule has 1 N–H and O–H groups in total. The van der Waals surface area contributed by atoms with Crippen LogP contribution in [0.25, 0.3) is 11.6 Å². The minimum atomic E-state index is 0.275. The molecule has 0 radical (unpaired) electrons. The van der Waals surface area contributed by atoms with Gasteiger partial charge in [0, 0.05) is 11.8 Å². The summed E-state index contributed by atoms with van der Waals surface area (Å²) >= 11 is 0. The van der Waals surface area contributed by atoms with E-state index >= 15 is 0 Å². The van der Waals surface area contributed by atoms with Crippen molar-refractivity contribution in [3.05, 3.63) is 95.3 Å². The molecule has 0 aliphatic carbocycles. The molecule has 0 saturated heterocycles. The maximum absolute atomic E-state index is 10.3. The van der Waals surface area contributed by atoms with Crippen molar-refractivity contribution in [2.24, 2.45) is 0 Å². The predicted molar refractivity (Wildman–Crippen MR) is 90.5 cm³/mol. The largest absolute Gasteiger partial charge is 0.507 e. The second-order valence-electron chi connectivity index (χ2n) is 5.20. The van der Waals surface area contributed by atoms with Crippen molar-refractivity contribution in [3.8, 4) is 5.75 Å². The molecule has 0 fully saturated rings. The molecule has 2 heteroatoms. The van der Waals surface area contributed by atoms with E-state index in [4.69, 9.17) is 0 Å². The lowest BCUT2D eigenvalue weighted by Gasteiger charge is -2.11. The molecule has 0 spiro atoms. The Kier molecular flexibility index (Phi) is 4.01. The van der Waals surface area contributed by atoms with Crippen molar-refractivity contribution in [1.82, 2.24) is 4.98 Å². The number of pyridine rings is 1. The quantitative estimate of drug-likeness (QED) is 0.758. The molecule has 108 valence electrons. The first-order valence-corrected chi connectivity index (χ1v) is 7.22. The first kappa shape index (κ1) is 14.1. The molecule has 0 unspecified atom stereocenters. The normalized spacial score (nSPS) is 11.4. The van der Waals surface area contributed by atoms with E-state index in [0.29, 0.717) is 0 Å². The van der Waals surface area contributed by atoms with Crippen LogP contribution in [0.2, 0.25) is 0 Å². The lowest BCUT2D eigenvalue weighted by molar-refractivity contribution is 0.473. The molecule has 0 amide bonds. The van der Waals surface area contributed by atoms with Gasteiger partial charge >= 0.3 is 0 Å². The summed E-state index contributed by atoms with van der Waals surface area (Å²) in [4.78, 5) is 4.36. The van der Waals surface area contributed by atoms with Crippen LogP contribution in [-0.4, -0.2) is 10.1 Å². The van der Waals surface area contributed by atoms with E-state index < -0.39 is 0 Å². The molecule has 0 atom stereocenters. The van der Waals surface area contributed by atoms with Gasteiger partial charge in [0.05, 0.1) is 5.69 Å². The molecule has 1 aromatic heterocycles. The van der Waals surface area contributed by atoms with Crippen molar-refractivity contribution in [1.29, 1.82) is 0 Å². The highest BCUT2D eigenvalue weighted by Gasteiger charge is 2.10. The molecular weight excluding hydrogens is 270 g/mol. The third-order valence-electron chi connectivity index (χ3n) is 3.51. The van der Waals surface area contributed by atoms with Gasteiger partial charge in [0.15, 0.2) is 0 Å². The number of hydrogen-bond acceptors (Lipinski definition) is 2. The summed E-state index contributed by atoms with van der Waals surface area (Å²) in [7, 11) is 0. The summed E-state index contributed by atoms with van der Waals surface area (Å²) in [5.74, 6) is 0.275. The Labute approximate surface area is 130 Å². The SMILES string of the molecule is Cc1ccc(O)c(/C(=C/c2ccccn2)c2ccccc2)c1. The molecular formula is C20H17NO. The molecule has 3 aromatic rings. The van der Waals surface area contributed by atoms with E-state index in [9.17, 15) is 5.11 Å². The number of benzene rings is 2. The third kappa shape index (κ3) is 3.07. The van der Waals surface area contributed by atoms with Gasteiger partial charge in [0.1, 0.15) is 5.75 Å². The van der Waals surface area contributed by atoms with Crippen molar-refractivity contribution >= 4 is 11.6 Å². The van der Waals surface area contributed by atoms with Gasteiger partial charge in [-0.15, -0.1) is 0 Å². The molecule has 2 aromatic carbocycles. The topological polar surface area (TPSA) is 33.1 Å². The van der Waals surface area contributed by atoms with Gasteiger partial charge in [0.2, 0.25) is 0 Å². The summed E-state index contributed by atoms with van der Waals surface area (Å²) in [6, 6.07) is 21.5. The molecule has 0 aliphatic heterocycles. The van der Waals surface area contributed by atoms with Crippen LogP contribution < -0.4 is 0 Å². The fourth-order valence-electron chi connectivity index (χ4n) is 2.41. The smallest absolute Gasteiger partial charge is 0.123 e. The van der Waals surface area contributed by atoms with Gasteiger partial charge in [-0.2, -0.15) is 0 Å². The van der Waals surface area contributed by atoms with Gasteiger partial charge in [0.25, 0.3) is 0 Å². The molecule has 0 saturated carbocycles. The summed E-state index contributed by atoms with van der Waals surface area (Å²) < 4.78 is 0. The Hall–Kier alpha value is -2.87. The first-order chi connectivity index (χ1) is 10.7. The fraction of sp³-hybridized carbons (Fsp3) is 0.0500. The second-order valence-corrected chi connectivity index (χ2v) is 5.20. The number of hydrogen-bond donors (Lipinski definition) is 1. The number of aryl methyl sites for hydroxylation is 1. The standard InChI is InChI=1S/C20H17NO/c1-15-10-11-20(22)19(13-15)18(16-7-3-2-4-8-16)14-17-9-5-6-12-21-17/h2-14,22H,1H3/b18-14+. The average Bonchev–Trinajstić information content (AvgIpc) is 2.57. The van der Waals surface area contributed by atoms with Crippen molar-refractivity contribution in [3.63, 3.8) is 0 Å². The molecule has 1 heterocycles. The number of aromatic hydroxyl groups is 1. The zero-order valence-electron chi connectivity index (χ0n) is 12.4. The fourth-order valence-corrected chi connectivity index (χ4v) is 2.41. The molecule has 0 bridgehead atoms. The zero-order valence-corrected chi connectivity index (χ0v) is 12.4. The van der Waals surface area contributed by atoms with Gasteiger partial charge in [-0.3, -0.25) is 4.98 Å². The average molecular weight is 287 g/mol. The van der Waals surface area contributed by atoms with Crippen LogP contribution >= 0.6 is 0 Å². The van der Waals surface area contributed by atoms with Crippen LogP contribution in [0.4, 0.5) is 0 Å². The Morgan fingerprint density at radius 3 is 2.45 bits per heavy atom. The number of nitrogens with zero attached hydrogens (tertiary/aromatic N) is 1. The van der Waals surface area contributed by atoms with Crippen LogP contribution in [0.5, 0.6) is 5.75 Å². The maximum atomic E-state index is 10.3. The first-order valence-electron chi connectivity index (χ1n) is 7.22. The highest BCUT2D eigenvalue weighted by molar-refractivity contribution is 5.92. The van der Waals surface area contributed by atoms with Crippen molar-refractivity contribution in [2.45, 2.75) is 6.92 Å². The van der Waals surface area contributed by atoms with Crippen LogP contribution in [0.15, 0.2) is 72.9 Å². The summed E-state index contributed by atoms with van der Waals surface area (Å²) in [5.41, 5.74) is 4.80. The van der Waals surface area contributed by atoms with Crippen molar-refractivity contribution < 1.29 is 5.11 Å². The summed E-state index contributed by atoms with van der Waals surface area (Å²) in [6.45, 7) is 2.02. The molecule has 3 rings (SSSR count). The molecule has 2 nitrogen and oxygen atoms in total. The van der Waals surface area contributed by atoms with E-state index in [1.54, 1.807) is 12.3 Å². The van der Waals surface area contributed by atoms with Crippen LogP contribution in [0, 0.1) is 6.92 Å². The number of phenols is 1. The van der Waals surface area contributed by atoms with E-state index in [-0.39, 0.29) is 5.75 Å². The van der Waals surface area contributed by atoms with Crippen LogP contribution in [0.1, 0.15) is 22.4 Å². The van der Waals surface area contributed by atoms with Crippen molar-refractivity contribution in [2.75, 3.05) is 0 Å². The van der Waals surface area contributed by atoms with Crippen LogP contribution in [0.3, 0.4) is 0 Å². The minimum Gasteiger partial charge on any atom is -0.507 e. The Bertz CT molecular complexity index is 792. The summed E-state index contributed by atoms with van der Waals surface area (Å²) in [6.07, 6.45) is 3.77. The van der Waals surface area contributed by atoms with E-state index in [1.807, 2.05) is 73.7 Å². The highest BCUT2D eigenvalue weighted by Crippen LogP contribution is 2.32. The lowest BCUT2D eigenvalue weighted by Crippen LogP contribution is -1.91. The Morgan fingerprint density at radius 1 is 0.955 bits per heavy atom. The Balaban J connectivity index is 2.20. The Morgan fingerprint density at radius 2 is 1.73 bits per heavy atom. The third-order valence-corrected chi connectivity index (χ3v) is 3.51. The molecule has 22 heavy (non-hydrogen) atoms. The van der Waals surface area contributed by atoms with Gasteiger partial charge < -0.3 is 5.11 Å². The number of aromatic nitrogens is 1. The zero-order chi connectivity index (χ0) is 15.4. The van der Waals surface area contributed by atoms with Gasteiger partial charge in [-0.1, -0.05) is 48.0 Å². The number of phenolic OH excluding ortho intramolecular Hbond substituents is 1. The van der Waals surface area contributed by atoms with Gasteiger partial charge in [-0.25, -0.2) is 0 Å². The van der Waals surface area contributed by atoms with E-state index in [2.05, 4.69) is 4.98 Å². The second kappa shape index (κ2) is 6.27. The highest BCUT2D eigenvalue weighted by atomic mass is 16.3. The van der Waals surface area contributed by atoms with E-state index in [1.165, 1.54) is 0 Å². The van der Waals surface area contributed by atoms with E-state index in [0.717, 1.165) is 28.0 Å². The maximum Gasteiger partial charge on any atom is 0.123 e. The van der Waals surface area contributed by atoms with Crippen LogP contribution in [-0.2, 0) is 0 Å². The van der Waals surface area contributed by atoms with Gasteiger partial charge in [-0.05, 0) is 48.4 Å². The lowest BCUT2D eigenvalue weighted by atomic mass is 9.95. The number of rotatable bonds is 3. The minimum absolute atomic E-state index is 0.275. The predicted octanol–water partition coefficient (Wildman–Crippen LogP) is 4.68. The molecule has 0 aliphatic rings. The monoisotopic (exact) mass is 287 g/mol. The summed E-state index contributed by atoms with van der Waals surface area (Å²) in [5, 5.41) is 10.3.